The molecule has 0 saturated heterocycles. The number of amides is 2. The number of anilines is 2. The van der Waals surface area contributed by atoms with Gasteiger partial charge in [0.05, 0.1) is 11.4 Å². The first-order valence-electron chi connectivity index (χ1n) is 8.40. The zero-order chi connectivity index (χ0) is 17.4. The van der Waals surface area contributed by atoms with Gasteiger partial charge in [-0.15, -0.1) is 0 Å². The van der Waals surface area contributed by atoms with Crippen LogP contribution in [0.2, 0.25) is 0 Å². The summed E-state index contributed by atoms with van der Waals surface area (Å²) in [5, 5.41) is 6.26. The van der Waals surface area contributed by atoms with E-state index in [1.807, 2.05) is 17.0 Å². The van der Waals surface area contributed by atoms with Crippen LogP contribution in [-0.4, -0.2) is 37.0 Å². The fraction of sp³-hybridized carbons (Fsp3) is 0.444. The lowest BCUT2D eigenvalue weighted by atomic mass is 9.97. The number of benzene rings is 1. The Kier molecular flexibility index (Phi) is 4.22. The van der Waals surface area contributed by atoms with E-state index >= 15 is 0 Å². The first kappa shape index (κ1) is 16.4. The van der Waals surface area contributed by atoms with Gasteiger partial charge in [0.2, 0.25) is 0 Å². The first-order chi connectivity index (χ1) is 11.5. The Balaban J connectivity index is 2.06. The fourth-order valence-corrected chi connectivity index (χ4v) is 3.41. The van der Waals surface area contributed by atoms with Gasteiger partial charge >= 0.3 is 0 Å². The molecule has 2 aliphatic rings. The largest absolute Gasteiger partial charge is 0.369 e. The van der Waals surface area contributed by atoms with Crippen LogP contribution in [0.3, 0.4) is 0 Å². The predicted octanol–water partition coefficient (Wildman–Crippen LogP) is 2.35. The van der Waals surface area contributed by atoms with E-state index in [1.165, 1.54) is 0 Å². The van der Waals surface area contributed by atoms with Gasteiger partial charge in [-0.1, -0.05) is 13.8 Å². The number of hydrogen-bond acceptors (Lipinski definition) is 4. The quantitative estimate of drug-likeness (QED) is 0.890. The van der Waals surface area contributed by atoms with E-state index in [9.17, 15) is 9.59 Å². The third-order valence-corrected chi connectivity index (χ3v) is 4.82. The van der Waals surface area contributed by atoms with Crippen molar-refractivity contribution in [2.75, 3.05) is 24.3 Å². The summed E-state index contributed by atoms with van der Waals surface area (Å²) in [6, 6.07) is 5.43. The standard InChI is InChI=1S/C18H24N4O2/c1-5-11(6-2)16-19-10-15-17(23)20-13-8-7-12(18(24)21(3)4)9-14(13)22(15)16/h7-11,16,19H,5-6H2,1-4H3,(H,20,23). The molecule has 0 spiro atoms. The van der Waals surface area contributed by atoms with Crippen molar-refractivity contribution in [3.05, 3.63) is 35.7 Å². The lowest BCUT2D eigenvalue weighted by molar-refractivity contribution is -0.113. The lowest BCUT2D eigenvalue weighted by Crippen LogP contribution is -2.46. The van der Waals surface area contributed by atoms with Crippen molar-refractivity contribution in [1.82, 2.24) is 10.2 Å². The molecule has 6 nitrogen and oxygen atoms in total. The minimum atomic E-state index is -0.116. The Labute approximate surface area is 142 Å². The third kappa shape index (κ3) is 2.52. The Bertz CT molecular complexity index is 707. The predicted molar refractivity (Wildman–Crippen MR) is 94.6 cm³/mol. The normalized spacial score (nSPS) is 18.5. The molecule has 6 heteroatoms. The Morgan fingerprint density at radius 1 is 1.29 bits per heavy atom. The monoisotopic (exact) mass is 328 g/mol. The lowest BCUT2D eigenvalue weighted by Gasteiger charge is -2.37. The smallest absolute Gasteiger partial charge is 0.273 e. The van der Waals surface area contributed by atoms with Crippen molar-refractivity contribution in [3.8, 4) is 0 Å². The zero-order valence-electron chi connectivity index (χ0n) is 14.6. The molecule has 0 radical (unpaired) electrons. The Morgan fingerprint density at radius 3 is 2.62 bits per heavy atom. The highest BCUT2D eigenvalue weighted by molar-refractivity contribution is 6.13. The number of fused-ring (bicyclic) bond motifs is 3. The van der Waals surface area contributed by atoms with Crippen LogP contribution in [0.15, 0.2) is 30.1 Å². The van der Waals surface area contributed by atoms with Gasteiger partial charge in [-0.2, -0.15) is 0 Å². The van der Waals surface area contributed by atoms with E-state index in [0.717, 1.165) is 24.2 Å². The molecule has 2 heterocycles. The van der Waals surface area contributed by atoms with E-state index in [0.29, 0.717) is 17.2 Å². The molecule has 128 valence electrons. The second kappa shape index (κ2) is 6.19. The highest BCUT2D eigenvalue weighted by atomic mass is 16.2. The van der Waals surface area contributed by atoms with Gasteiger partial charge in [0.25, 0.3) is 11.8 Å². The third-order valence-electron chi connectivity index (χ3n) is 4.82. The maximum absolute atomic E-state index is 12.4. The first-order valence-corrected chi connectivity index (χ1v) is 8.40. The molecule has 24 heavy (non-hydrogen) atoms. The van der Waals surface area contributed by atoms with Crippen molar-refractivity contribution in [2.24, 2.45) is 5.92 Å². The highest BCUT2D eigenvalue weighted by Crippen LogP contribution is 2.39. The van der Waals surface area contributed by atoms with E-state index < -0.39 is 0 Å². The van der Waals surface area contributed by atoms with Crippen molar-refractivity contribution in [2.45, 2.75) is 32.9 Å². The second-order valence-electron chi connectivity index (χ2n) is 6.47. The van der Waals surface area contributed by atoms with Crippen LogP contribution in [0.4, 0.5) is 11.4 Å². The van der Waals surface area contributed by atoms with Gasteiger partial charge in [0.15, 0.2) is 0 Å². The van der Waals surface area contributed by atoms with Crippen LogP contribution in [0.5, 0.6) is 0 Å². The van der Waals surface area contributed by atoms with Crippen LogP contribution in [0.25, 0.3) is 0 Å². The van der Waals surface area contributed by atoms with Gasteiger partial charge in [-0.25, -0.2) is 0 Å². The van der Waals surface area contributed by atoms with Gasteiger partial charge in [-0.05, 0) is 37.0 Å². The SMILES string of the molecule is CCC(CC)C1NC=C2C(=O)Nc3ccc(C(=O)N(C)C)cc3N21. The summed E-state index contributed by atoms with van der Waals surface area (Å²) < 4.78 is 0. The van der Waals surface area contributed by atoms with Gasteiger partial charge in [0.1, 0.15) is 11.9 Å². The molecule has 0 fully saturated rings. The summed E-state index contributed by atoms with van der Waals surface area (Å²) in [6.07, 6.45) is 3.84. The number of carbonyl (C=O) groups is 2. The van der Waals surface area contributed by atoms with Crippen LogP contribution in [-0.2, 0) is 4.79 Å². The molecule has 2 aliphatic heterocycles. The summed E-state index contributed by atoms with van der Waals surface area (Å²) in [5.74, 6) is 0.243. The van der Waals surface area contributed by atoms with Crippen molar-refractivity contribution >= 4 is 23.2 Å². The van der Waals surface area contributed by atoms with Crippen LogP contribution in [0.1, 0.15) is 37.0 Å². The average Bonchev–Trinajstić information content (AvgIpc) is 3.01. The molecule has 0 saturated carbocycles. The number of rotatable bonds is 4. The summed E-state index contributed by atoms with van der Waals surface area (Å²) in [7, 11) is 3.47. The van der Waals surface area contributed by atoms with Crippen molar-refractivity contribution < 1.29 is 9.59 Å². The maximum Gasteiger partial charge on any atom is 0.273 e. The minimum absolute atomic E-state index is 0.0320. The molecule has 3 rings (SSSR count). The van der Waals surface area contributed by atoms with Gasteiger partial charge < -0.3 is 20.4 Å². The molecule has 2 amide bonds. The number of nitrogens with one attached hydrogen (secondary N) is 2. The number of hydrogen-bond donors (Lipinski definition) is 2. The second-order valence-corrected chi connectivity index (χ2v) is 6.47. The number of nitrogens with zero attached hydrogens (tertiary/aromatic N) is 2. The van der Waals surface area contributed by atoms with Crippen LogP contribution >= 0.6 is 0 Å². The molecule has 0 aliphatic carbocycles. The molecule has 1 atom stereocenters. The molecule has 1 aromatic carbocycles. The van der Waals surface area contributed by atoms with Crippen molar-refractivity contribution in [1.29, 1.82) is 0 Å². The summed E-state index contributed by atoms with van der Waals surface area (Å²) in [6.45, 7) is 4.32. The maximum atomic E-state index is 12.4. The molecular weight excluding hydrogens is 304 g/mol. The topological polar surface area (TPSA) is 64.7 Å². The Morgan fingerprint density at radius 2 is 2.00 bits per heavy atom. The minimum Gasteiger partial charge on any atom is -0.369 e. The van der Waals surface area contributed by atoms with E-state index in [-0.39, 0.29) is 18.0 Å². The van der Waals surface area contributed by atoms with Gasteiger partial charge in [-0.3, -0.25) is 9.59 Å². The van der Waals surface area contributed by atoms with Crippen molar-refractivity contribution in [3.63, 3.8) is 0 Å². The zero-order valence-corrected chi connectivity index (χ0v) is 14.6. The van der Waals surface area contributed by atoms with E-state index in [2.05, 4.69) is 24.5 Å². The van der Waals surface area contributed by atoms with Crippen LogP contribution < -0.4 is 15.5 Å². The highest BCUT2D eigenvalue weighted by Gasteiger charge is 2.39. The average molecular weight is 328 g/mol. The summed E-state index contributed by atoms with van der Waals surface area (Å²) in [4.78, 5) is 28.3. The molecule has 1 aromatic rings. The summed E-state index contributed by atoms with van der Waals surface area (Å²) in [5.41, 5.74) is 2.83. The molecule has 2 N–H and O–H groups in total. The molecule has 0 bridgehead atoms. The van der Waals surface area contributed by atoms with Gasteiger partial charge in [0, 0.05) is 25.9 Å². The van der Waals surface area contributed by atoms with E-state index in [4.69, 9.17) is 0 Å². The molecule has 0 aromatic heterocycles. The molecular formula is C18H24N4O2. The summed E-state index contributed by atoms with van der Waals surface area (Å²) >= 11 is 0. The number of carbonyl (C=O) groups excluding carboxylic acids is 2. The fourth-order valence-electron chi connectivity index (χ4n) is 3.41. The van der Waals surface area contributed by atoms with Crippen LogP contribution in [0, 0.1) is 5.92 Å². The molecule has 1 unspecified atom stereocenters. The van der Waals surface area contributed by atoms with E-state index in [1.54, 1.807) is 31.3 Å². The Hall–Kier alpha value is -2.50.